The first-order valence-electron chi connectivity index (χ1n) is 10.1. The van der Waals surface area contributed by atoms with Gasteiger partial charge in [0.05, 0.1) is 5.75 Å². The van der Waals surface area contributed by atoms with Crippen LogP contribution in [0.5, 0.6) is 0 Å². The van der Waals surface area contributed by atoms with E-state index in [4.69, 9.17) is 0 Å². The van der Waals surface area contributed by atoms with Crippen LogP contribution in [0.25, 0.3) is 23.1 Å². The predicted octanol–water partition coefficient (Wildman–Crippen LogP) is 5.52. The second-order valence-corrected chi connectivity index (χ2v) is 8.35. The molecule has 150 valence electrons. The Morgan fingerprint density at radius 2 is 1.67 bits per heavy atom. The molecule has 2 aromatic heterocycles. The van der Waals surface area contributed by atoms with Crippen molar-refractivity contribution in [1.82, 2.24) is 4.57 Å². The molecule has 0 radical (unpaired) electrons. The van der Waals surface area contributed by atoms with Gasteiger partial charge in [-0.15, -0.1) is 0 Å². The lowest BCUT2D eigenvalue weighted by Gasteiger charge is -2.00. The van der Waals surface area contributed by atoms with Gasteiger partial charge in [-0.2, -0.15) is 0 Å². The quantitative estimate of drug-likeness (QED) is 0.389. The third kappa shape index (κ3) is 4.39. The fourth-order valence-electron chi connectivity index (χ4n) is 3.57. The molecule has 0 spiro atoms. The highest BCUT2D eigenvalue weighted by atomic mass is 32.2. The molecule has 0 aliphatic rings. The van der Waals surface area contributed by atoms with Crippen LogP contribution in [0, 0.1) is 6.92 Å². The number of hydrogen-bond donors (Lipinski definition) is 0. The fraction of sp³-hybridized carbons (Fsp3) is 0.154. The van der Waals surface area contributed by atoms with E-state index in [1.54, 1.807) is 0 Å². The number of thioether (sulfide) groups is 1. The summed E-state index contributed by atoms with van der Waals surface area (Å²) in [6, 6.07) is 22.2. The summed E-state index contributed by atoms with van der Waals surface area (Å²) in [7, 11) is 2.11. The Labute approximate surface area is 181 Å². The largest absolute Gasteiger partial charge is 0.347 e. The van der Waals surface area contributed by atoms with E-state index < -0.39 is 0 Å². The molecular weight excluding hydrogens is 388 g/mol. The van der Waals surface area contributed by atoms with Crippen LogP contribution in [-0.4, -0.2) is 15.4 Å². The zero-order valence-corrected chi connectivity index (χ0v) is 18.1. The number of aryl methyl sites for hydroxylation is 2. The summed E-state index contributed by atoms with van der Waals surface area (Å²) in [4.78, 5) is 12.2. The summed E-state index contributed by atoms with van der Waals surface area (Å²) < 4.78 is 4.36. The number of para-hydroxylation sites is 1. The van der Waals surface area contributed by atoms with Crippen molar-refractivity contribution >= 4 is 39.9 Å². The first-order chi connectivity index (χ1) is 14.6. The van der Waals surface area contributed by atoms with Crippen LogP contribution in [-0.2, 0) is 13.6 Å². The molecule has 30 heavy (non-hydrogen) atoms. The van der Waals surface area contributed by atoms with E-state index in [1.807, 2.05) is 30.3 Å². The van der Waals surface area contributed by atoms with Gasteiger partial charge in [-0.25, -0.2) is 4.57 Å². The highest BCUT2D eigenvalue weighted by Crippen LogP contribution is 2.26. The van der Waals surface area contributed by atoms with E-state index in [0.717, 1.165) is 23.4 Å². The van der Waals surface area contributed by atoms with Gasteiger partial charge in [-0.3, -0.25) is 4.79 Å². The van der Waals surface area contributed by atoms with Gasteiger partial charge in [0.2, 0.25) is 5.12 Å². The van der Waals surface area contributed by atoms with Gasteiger partial charge in [0.25, 0.3) is 0 Å². The Morgan fingerprint density at radius 3 is 2.43 bits per heavy atom. The standard InChI is InChI=1S/C26H25N2OS/c1-20-23(24-10-6-7-11-25(24)27(20)2)13-12-21-14-16-28(17-15-21)18-19-30-26(29)22-8-4-3-5-9-22/h3-17H,18-19H2,1-2H3/q+1. The third-order valence-corrected chi connectivity index (χ3v) is 6.28. The topological polar surface area (TPSA) is 25.9 Å². The first-order valence-corrected chi connectivity index (χ1v) is 11.1. The molecule has 0 N–H and O–H groups in total. The second-order valence-electron chi connectivity index (χ2n) is 7.28. The predicted molar refractivity (Wildman–Crippen MR) is 126 cm³/mol. The number of carbonyl (C=O) groups is 1. The zero-order chi connectivity index (χ0) is 20.9. The van der Waals surface area contributed by atoms with Crippen LogP contribution in [0.1, 0.15) is 27.2 Å². The summed E-state index contributed by atoms with van der Waals surface area (Å²) in [6.07, 6.45) is 8.50. The number of aromatic nitrogens is 2. The number of rotatable bonds is 6. The Kier molecular flexibility index (Phi) is 6.15. The highest BCUT2D eigenvalue weighted by Gasteiger charge is 2.09. The van der Waals surface area contributed by atoms with Crippen LogP contribution in [0.2, 0.25) is 0 Å². The molecule has 3 nitrogen and oxygen atoms in total. The minimum atomic E-state index is 0.126. The third-order valence-electron chi connectivity index (χ3n) is 5.40. The Morgan fingerprint density at radius 1 is 0.967 bits per heavy atom. The van der Waals surface area contributed by atoms with Gasteiger partial charge >= 0.3 is 0 Å². The molecule has 0 bridgehead atoms. The average molecular weight is 414 g/mol. The van der Waals surface area contributed by atoms with Gasteiger partial charge in [-0.05, 0) is 18.6 Å². The summed E-state index contributed by atoms with van der Waals surface area (Å²) in [5.41, 5.74) is 5.70. The van der Waals surface area contributed by atoms with E-state index in [0.29, 0.717) is 0 Å². The van der Waals surface area contributed by atoms with Crippen molar-refractivity contribution in [2.24, 2.45) is 7.05 Å². The smallest absolute Gasteiger partial charge is 0.219 e. The molecule has 0 atom stereocenters. The monoisotopic (exact) mass is 413 g/mol. The Hall–Kier alpha value is -3.11. The number of nitrogens with zero attached hydrogens (tertiary/aromatic N) is 2. The molecule has 0 saturated heterocycles. The van der Waals surface area contributed by atoms with Gasteiger partial charge in [0.15, 0.2) is 18.9 Å². The molecule has 4 aromatic rings. The van der Waals surface area contributed by atoms with E-state index in [2.05, 4.69) is 84.0 Å². The summed E-state index contributed by atoms with van der Waals surface area (Å²) in [5, 5.41) is 1.40. The average Bonchev–Trinajstić information content (AvgIpc) is 3.04. The molecule has 0 unspecified atom stereocenters. The van der Waals surface area contributed by atoms with Gasteiger partial charge in [0, 0.05) is 46.9 Å². The fourth-order valence-corrected chi connectivity index (χ4v) is 4.36. The van der Waals surface area contributed by atoms with E-state index in [9.17, 15) is 4.79 Å². The number of pyridine rings is 1. The number of benzene rings is 2. The van der Waals surface area contributed by atoms with Crippen molar-refractivity contribution in [2.45, 2.75) is 13.5 Å². The lowest BCUT2D eigenvalue weighted by molar-refractivity contribution is -0.692. The summed E-state index contributed by atoms with van der Waals surface area (Å²) in [5.74, 6) is 0.753. The Balaban J connectivity index is 1.38. The molecule has 4 heteroatoms. The zero-order valence-electron chi connectivity index (χ0n) is 17.3. The SMILES string of the molecule is Cc1c(/C=C/c2cc[n+](CCSC(=O)c3ccccc3)cc2)c2ccccc2n1C. The Bertz CT molecular complexity index is 1190. The van der Waals surface area contributed by atoms with Crippen molar-refractivity contribution in [3.8, 4) is 0 Å². The summed E-state index contributed by atoms with van der Waals surface area (Å²) >= 11 is 1.37. The van der Waals surface area contributed by atoms with Crippen LogP contribution in [0.15, 0.2) is 79.1 Å². The minimum Gasteiger partial charge on any atom is -0.347 e. The maximum Gasteiger partial charge on any atom is 0.219 e. The van der Waals surface area contributed by atoms with E-state index in [-0.39, 0.29) is 5.12 Å². The molecule has 2 aromatic carbocycles. The maximum absolute atomic E-state index is 12.2. The van der Waals surface area contributed by atoms with Crippen LogP contribution < -0.4 is 4.57 Å². The van der Waals surface area contributed by atoms with E-state index in [1.165, 1.54) is 33.9 Å². The normalized spacial score (nSPS) is 11.4. The lowest BCUT2D eigenvalue weighted by atomic mass is 10.1. The van der Waals surface area contributed by atoms with Crippen LogP contribution in [0.3, 0.4) is 0 Å². The summed E-state index contributed by atoms with van der Waals surface area (Å²) in [6.45, 7) is 2.96. The van der Waals surface area contributed by atoms with E-state index >= 15 is 0 Å². The molecule has 0 aliphatic carbocycles. The molecule has 0 aliphatic heterocycles. The number of carbonyl (C=O) groups excluding carboxylic acids is 1. The molecule has 0 fully saturated rings. The van der Waals surface area contributed by atoms with Crippen molar-refractivity contribution in [2.75, 3.05) is 5.75 Å². The van der Waals surface area contributed by atoms with Crippen molar-refractivity contribution in [1.29, 1.82) is 0 Å². The molecule has 2 heterocycles. The van der Waals surface area contributed by atoms with Crippen molar-refractivity contribution < 1.29 is 9.36 Å². The second kappa shape index (κ2) is 9.14. The number of fused-ring (bicyclic) bond motifs is 1. The highest BCUT2D eigenvalue weighted by molar-refractivity contribution is 8.14. The minimum absolute atomic E-state index is 0.126. The van der Waals surface area contributed by atoms with Crippen LogP contribution in [0.4, 0.5) is 0 Å². The lowest BCUT2D eigenvalue weighted by Crippen LogP contribution is -2.34. The molecule has 0 amide bonds. The van der Waals surface area contributed by atoms with Gasteiger partial charge in [0.1, 0.15) is 0 Å². The number of hydrogen-bond acceptors (Lipinski definition) is 2. The maximum atomic E-state index is 12.2. The molecule has 0 saturated carbocycles. The molecule has 4 rings (SSSR count). The van der Waals surface area contributed by atoms with Crippen molar-refractivity contribution in [3.63, 3.8) is 0 Å². The molecular formula is C26H25N2OS+. The first kappa shape index (κ1) is 20.2. The van der Waals surface area contributed by atoms with Gasteiger partial charge < -0.3 is 4.57 Å². The van der Waals surface area contributed by atoms with Gasteiger partial charge in [-0.1, -0.05) is 72.4 Å². The van der Waals surface area contributed by atoms with Crippen LogP contribution >= 0.6 is 11.8 Å². The van der Waals surface area contributed by atoms with Crippen molar-refractivity contribution in [3.05, 3.63) is 102 Å².